The first-order valence-corrected chi connectivity index (χ1v) is 7.09. The van der Waals surface area contributed by atoms with E-state index in [4.69, 9.17) is 0 Å². The Morgan fingerprint density at radius 3 is 1.90 bits per heavy atom. The number of carbonyl (C=O) groups excluding carboxylic acids is 2. The molecule has 6 nitrogen and oxygen atoms in total. The lowest BCUT2D eigenvalue weighted by molar-refractivity contribution is -0.141. The summed E-state index contributed by atoms with van der Waals surface area (Å²) in [4.78, 5) is 24.4. The molecule has 0 aromatic rings. The van der Waals surface area contributed by atoms with Crippen molar-refractivity contribution in [3.63, 3.8) is 0 Å². The fourth-order valence-electron chi connectivity index (χ4n) is 1.73. The van der Waals surface area contributed by atoms with Crippen LogP contribution in [0, 0.1) is 0 Å². The first-order valence-electron chi connectivity index (χ1n) is 7.09. The van der Waals surface area contributed by atoms with E-state index < -0.39 is 0 Å². The van der Waals surface area contributed by atoms with Crippen LogP contribution in [-0.4, -0.2) is 63.3 Å². The summed E-state index contributed by atoms with van der Waals surface area (Å²) >= 11 is 0. The van der Waals surface area contributed by atoms with Crippen LogP contribution in [0.25, 0.3) is 0 Å². The molecule has 0 heterocycles. The molecule has 0 aliphatic carbocycles. The first-order chi connectivity index (χ1) is 9.49. The van der Waals surface area contributed by atoms with Crippen LogP contribution in [0.5, 0.6) is 0 Å². The van der Waals surface area contributed by atoms with E-state index in [1.54, 1.807) is 0 Å². The number of nitrogens with zero attached hydrogens (tertiary/aromatic N) is 1. The Labute approximate surface area is 121 Å². The Morgan fingerprint density at radius 2 is 1.50 bits per heavy atom. The number of hydrogen-bond acceptors (Lipinski definition) is 6. The van der Waals surface area contributed by atoms with Gasteiger partial charge in [-0.3, -0.25) is 9.59 Å². The molecule has 0 atom stereocenters. The van der Waals surface area contributed by atoms with E-state index in [0.717, 1.165) is 19.5 Å². The maximum Gasteiger partial charge on any atom is 0.306 e. The summed E-state index contributed by atoms with van der Waals surface area (Å²) in [5.41, 5.74) is 0. The smallest absolute Gasteiger partial charge is 0.306 e. The lowest BCUT2D eigenvalue weighted by atomic mass is 10.3. The minimum atomic E-state index is -0.228. The van der Waals surface area contributed by atoms with Crippen molar-refractivity contribution < 1.29 is 19.1 Å². The normalized spacial score (nSPS) is 10.9. The number of hydrogen-bond donors (Lipinski definition) is 1. The first kappa shape index (κ1) is 18.9. The Hall–Kier alpha value is -1.14. The number of rotatable bonds is 11. The van der Waals surface area contributed by atoms with Crippen molar-refractivity contribution in [3.8, 4) is 0 Å². The summed E-state index contributed by atoms with van der Waals surface area (Å²) in [6, 6.07) is 0.466. The minimum Gasteiger partial charge on any atom is -0.469 e. The highest BCUT2D eigenvalue weighted by atomic mass is 16.5. The largest absolute Gasteiger partial charge is 0.469 e. The second kappa shape index (κ2) is 11.7. The van der Waals surface area contributed by atoms with Crippen molar-refractivity contribution in [3.05, 3.63) is 0 Å². The van der Waals surface area contributed by atoms with E-state index in [0.29, 0.717) is 32.0 Å². The number of carbonyl (C=O) groups is 2. The van der Waals surface area contributed by atoms with Gasteiger partial charge in [-0.1, -0.05) is 13.8 Å². The zero-order valence-corrected chi connectivity index (χ0v) is 13.1. The molecule has 0 fully saturated rings. The molecule has 0 unspecified atom stereocenters. The fraction of sp³-hybridized carbons (Fsp3) is 0.857. The highest BCUT2D eigenvalue weighted by molar-refractivity contribution is 5.70. The van der Waals surface area contributed by atoms with Crippen molar-refractivity contribution in [1.29, 1.82) is 0 Å². The van der Waals surface area contributed by atoms with E-state index in [9.17, 15) is 9.59 Å². The molecule has 0 aromatic carbocycles. The average Bonchev–Trinajstić information content (AvgIpc) is 2.44. The molecular weight excluding hydrogens is 260 g/mol. The van der Waals surface area contributed by atoms with Gasteiger partial charge in [0.25, 0.3) is 0 Å². The van der Waals surface area contributed by atoms with Crippen molar-refractivity contribution in [2.45, 2.75) is 39.2 Å². The summed E-state index contributed by atoms with van der Waals surface area (Å²) in [6.45, 7) is 7.17. The highest BCUT2D eigenvalue weighted by Gasteiger charge is 2.11. The Bertz CT molecular complexity index is 262. The van der Waals surface area contributed by atoms with E-state index in [1.807, 2.05) is 0 Å². The second-order valence-electron chi connectivity index (χ2n) is 4.96. The SMILES string of the molecule is COC(=O)CCN(CCCNC(C)C)CCC(=O)OC. The van der Waals surface area contributed by atoms with Crippen molar-refractivity contribution in [1.82, 2.24) is 10.2 Å². The molecule has 0 amide bonds. The zero-order valence-electron chi connectivity index (χ0n) is 13.1. The van der Waals surface area contributed by atoms with Gasteiger partial charge >= 0.3 is 11.9 Å². The number of esters is 2. The van der Waals surface area contributed by atoms with Crippen molar-refractivity contribution in [2.75, 3.05) is 40.4 Å². The number of methoxy groups -OCH3 is 2. The molecule has 0 aliphatic heterocycles. The summed E-state index contributed by atoms with van der Waals surface area (Å²) in [5, 5.41) is 3.34. The third kappa shape index (κ3) is 10.8. The van der Waals surface area contributed by atoms with E-state index in [1.165, 1.54) is 14.2 Å². The van der Waals surface area contributed by atoms with Crippen LogP contribution in [0.1, 0.15) is 33.1 Å². The van der Waals surface area contributed by atoms with Gasteiger partial charge in [-0.05, 0) is 19.5 Å². The molecule has 118 valence electrons. The standard InChI is InChI=1S/C14H28N2O4/c1-12(2)15-8-5-9-16(10-6-13(17)19-3)11-7-14(18)20-4/h12,15H,5-11H2,1-4H3. The quantitative estimate of drug-likeness (QED) is 0.448. The lowest BCUT2D eigenvalue weighted by Gasteiger charge is -2.21. The molecule has 1 N–H and O–H groups in total. The number of nitrogens with one attached hydrogen (secondary N) is 1. The molecule has 0 saturated carbocycles. The van der Waals surface area contributed by atoms with Crippen LogP contribution in [0.4, 0.5) is 0 Å². The summed E-state index contributed by atoms with van der Waals surface area (Å²) in [5.74, 6) is -0.457. The van der Waals surface area contributed by atoms with Gasteiger partial charge in [0.2, 0.25) is 0 Å². The van der Waals surface area contributed by atoms with Crippen LogP contribution in [0.3, 0.4) is 0 Å². The third-order valence-electron chi connectivity index (χ3n) is 2.92. The van der Waals surface area contributed by atoms with Gasteiger partial charge in [0.05, 0.1) is 27.1 Å². The Balaban J connectivity index is 4.03. The fourth-order valence-corrected chi connectivity index (χ4v) is 1.73. The zero-order chi connectivity index (χ0) is 15.4. The summed E-state index contributed by atoms with van der Waals surface area (Å²) < 4.78 is 9.27. The summed E-state index contributed by atoms with van der Waals surface area (Å²) in [6.07, 6.45) is 1.66. The van der Waals surface area contributed by atoms with Gasteiger partial charge in [0, 0.05) is 19.1 Å². The van der Waals surface area contributed by atoms with Crippen molar-refractivity contribution >= 4 is 11.9 Å². The Kier molecular flexibility index (Phi) is 11.0. The third-order valence-corrected chi connectivity index (χ3v) is 2.92. The van der Waals surface area contributed by atoms with Crippen LogP contribution < -0.4 is 5.32 Å². The maximum absolute atomic E-state index is 11.2. The maximum atomic E-state index is 11.2. The second-order valence-corrected chi connectivity index (χ2v) is 4.96. The molecule has 0 radical (unpaired) electrons. The van der Waals surface area contributed by atoms with Crippen LogP contribution in [0.2, 0.25) is 0 Å². The van der Waals surface area contributed by atoms with E-state index >= 15 is 0 Å². The van der Waals surface area contributed by atoms with E-state index in [2.05, 4.69) is 33.5 Å². The minimum absolute atomic E-state index is 0.228. The summed E-state index contributed by atoms with van der Waals surface area (Å²) in [7, 11) is 2.77. The molecule has 0 aliphatic rings. The van der Waals surface area contributed by atoms with E-state index in [-0.39, 0.29) is 11.9 Å². The molecule has 0 rings (SSSR count). The van der Waals surface area contributed by atoms with Gasteiger partial charge in [0.1, 0.15) is 0 Å². The molecule has 0 bridgehead atoms. The molecule has 0 spiro atoms. The molecule has 20 heavy (non-hydrogen) atoms. The molecule has 6 heteroatoms. The molecule has 0 saturated heterocycles. The highest BCUT2D eigenvalue weighted by Crippen LogP contribution is 1.99. The average molecular weight is 288 g/mol. The van der Waals surface area contributed by atoms with Gasteiger partial charge in [0.15, 0.2) is 0 Å². The van der Waals surface area contributed by atoms with Crippen LogP contribution in [0.15, 0.2) is 0 Å². The van der Waals surface area contributed by atoms with Crippen molar-refractivity contribution in [2.24, 2.45) is 0 Å². The molecular formula is C14H28N2O4. The molecule has 0 aromatic heterocycles. The topological polar surface area (TPSA) is 67.9 Å². The predicted molar refractivity (Wildman–Crippen MR) is 77.5 cm³/mol. The van der Waals surface area contributed by atoms with Gasteiger partial charge in [-0.15, -0.1) is 0 Å². The Morgan fingerprint density at radius 1 is 1.00 bits per heavy atom. The van der Waals surface area contributed by atoms with Crippen LogP contribution >= 0.6 is 0 Å². The van der Waals surface area contributed by atoms with Gasteiger partial charge < -0.3 is 19.7 Å². The van der Waals surface area contributed by atoms with Gasteiger partial charge in [-0.25, -0.2) is 0 Å². The number of ether oxygens (including phenoxy) is 2. The predicted octanol–water partition coefficient (Wildman–Crippen LogP) is 0.803. The lowest BCUT2D eigenvalue weighted by Crippen LogP contribution is -2.33. The van der Waals surface area contributed by atoms with Crippen LogP contribution in [-0.2, 0) is 19.1 Å². The van der Waals surface area contributed by atoms with Gasteiger partial charge in [-0.2, -0.15) is 0 Å². The monoisotopic (exact) mass is 288 g/mol.